The number of anilines is 1. The van der Waals surface area contributed by atoms with Gasteiger partial charge in [0.2, 0.25) is 0 Å². The fraction of sp³-hybridized carbons (Fsp3) is 0.0909. The van der Waals surface area contributed by atoms with E-state index in [0.717, 1.165) is 5.69 Å². The van der Waals surface area contributed by atoms with Gasteiger partial charge in [-0.05, 0) is 18.2 Å². The molecule has 0 aliphatic rings. The number of hydrogen-bond donors (Lipinski definition) is 0. The molecule has 1 rings (SSSR count). The van der Waals surface area contributed by atoms with Crippen LogP contribution in [0, 0.1) is 0 Å². The average Bonchev–Trinajstić information content (AvgIpc) is 2.26. The van der Waals surface area contributed by atoms with Crippen LogP contribution in [0.5, 0.6) is 0 Å². The molecule has 3 heteroatoms. The van der Waals surface area contributed by atoms with Crippen LogP contribution in [-0.2, 0) is 9.59 Å². The molecule has 0 spiro atoms. The number of rotatable bonds is 3. The van der Waals surface area contributed by atoms with E-state index in [1.807, 2.05) is 30.3 Å². The topological polar surface area (TPSA) is 37.4 Å². The van der Waals surface area contributed by atoms with Crippen molar-refractivity contribution in [2.45, 2.75) is 0 Å². The molecule has 14 heavy (non-hydrogen) atoms. The van der Waals surface area contributed by atoms with Gasteiger partial charge in [0.05, 0.1) is 0 Å². The van der Waals surface area contributed by atoms with Crippen LogP contribution in [0.1, 0.15) is 0 Å². The van der Waals surface area contributed by atoms with E-state index >= 15 is 0 Å². The number of likely N-dealkylation sites (N-methyl/N-ethyl adjacent to an activating group) is 1. The largest absolute Gasteiger partial charge is 0.312 e. The Labute approximate surface area is 82.6 Å². The van der Waals surface area contributed by atoms with Gasteiger partial charge in [-0.25, -0.2) is 0 Å². The van der Waals surface area contributed by atoms with Crippen LogP contribution < -0.4 is 4.90 Å². The van der Waals surface area contributed by atoms with Crippen LogP contribution in [-0.4, -0.2) is 19.2 Å². The summed E-state index contributed by atoms with van der Waals surface area (Å²) in [6.07, 6.45) is 3.00. The maximum absolute atomic E-state index is 11.4. The number of allylic oxidation sites excluding steroid dienone is 1. The van der Waals surface area contributed by atoms with Crippen molar-refractivity contribution in [1.82, 2.24) is 0 Å². The van der Waals surface area contributed by atoms with E-state index in [2.05, 4.69) is 0 Å². The molecule has 0 aliphatic carbocycles. The predicted octanol–water partition coefficient (Wildman–Crippen LogP) is 1.40. The fourth-order valence-corrected chi connectivity index (χ4v) is 1.01. The summed E-state index contributed by atoms with van der Waals surface area (Å²) in [5, 5.41) is 0. The Kier molecular flexibility index (Phi) is 3.61. The Morgan fingerprint density at radius 1 is 1.29 bits per heavy atom. The third-order valence-electron chi connectivity index (χ3n) is 1.79. The molecule has 3 nitrogen and oxygen atoms in total. The van der Waals surface area contributed by atoms with E-state index in [4.69, 9.17) is 0 Å². The first-order valence-electron chi connectivity index (χ1n) is 4.20. The summed E-state index contributed by atoms with van der Waals surface area (Å²) in [7, 11) is 1.66. The Balaban J connectivity index is 2.75. The van der Waals surface area contributed by atoms with Crippen molar-refractivity contribution in [3.63, 3.8) is 0 Å². The molecule has 0 fully saturated rings. The predicted molar refractivity (Wildman–Crippen MR) is 55.1 cm³/mol. The lowest BCUT2D eigenvalue weighted by Crippen LogP contribution is -2.23. The minimum absolute atomic E-state index is 0.219. The zero-order chi connectivity index (χ0) is 10.4. The molecular formula is C11H11NO2. The molecule has 0 atom stereocenters. The monoisotopic (exact) mass is 189 g/mol. The number of para-hydroxylation sites is 1. The van der Waals surface area contributed by atoms with Gasteiger partial charge in [-0.1, -0.05) is 18.2 Å². The van der Waals surface area contributed by atoms with Gasteiger partial charge in [-0.3, -0.25) is 9.59 Å². The number of carbonyl (C=O) groups excluding carboxylic acids is 2. The SMILES string of the molecule is CN(C(=O)/C=C\C=O)c1ccccc1. The zero-order valence-electron chi connectivity index (χ0n) is 7.88. The molecule has 0 bridgehead atoms. The Morgan fingerprint density at radius 2 is 1.93 bits per heavy atom. The van der Waals surface area contributed by atoms with Gasteiger partial charge >= 0.3 is 0 Å². The first-order chi connectivity index (χ1) is 6.75. The van der Waals surface area contributed by atoms with Gasteiger partial charge in [0.25, 0.3) is 5.91 Å². The van der Waals surface area contributed by atoms with Gasteiger partial charge in [0.15, 0.2) is 0 Å². The minimum Gasteiger partial charge on any atom is -0.312 e. The Hall–Kier alpha value is -1.90. The van der Waals surface area contributed by atoms with E-state index in [9.17, 15) is 9.59 Å². The summed E-state index contributed by atoms with van der Waals surface area (Å²) in [5.41, 5.74) is 0.799. The van der Waals surface area contributed by atoms with Crippen molar-refractivity contribution >= 4 is 17.9 Å². The molecule has 0 radical (unpaired) electrons. The van der Waals surface area contributed by atoms with Gasteiger partial charge in [-0.15, -0.1) is 0 Å². The molecule has 0 aliphatic heterocycles. The third kappa shape index (κ3) is 2.55. The molecule has 0 heterocycles. The van der Waals surface area contributed by atoms with Gasteiger partial charge in [0.1, 0.15) is 6.29 Å². The molecule has 72 valence electrons. The summed E-state index contributed by atoms with van der Waals surface area (Å²) in [4.78, 5) is 22.9. The van der Waals surface area contributed by atoms with E-state index in [1.165, 1.54) is 17.1 Å². The summed E-state index contributed by atoms with van der Waals surface area (Å²) in [5.74, 6) is -0.219. The van der Waals surface area contributed by atoms with Crippen LogP contribution in [0.4, 0.5) is 5.69 Å². The maximum Gasteiger partial charge on any atom is 0.250 e. The van der Waals surface area contributed by atoms with E-state index < -0.39 is 0 Å². The third-order valence-corrected chi connectivity index (χ3v) is 1.79. The summed E-state index contributed by atoms with van der Waals surface area (Å²) < 4.78 is 0. The number of nitrogens with zero attached hydrogens (tertiary/aromatic N) is 1. The Morgan fingerprint density at radius 3 is 2.50 bits per heavy atom. The number of aldehydes is 1. The summed E-state index contributed by atoms with van der Waals surface area (Å²) >= 11 is 0. The number of amides is 1. The first-order valence-corrected chi connectivity index (χ1v) is 4.20. The van der Waals surface area contributed by atoms with Crippen LogP contribution in [0.15, 0.2) is 42.5 Å². The molecule has 1 aromatic carbocycles. The standard InChI is InChI=1S/C11H11NO2/c1-12(11(14)8-5-9-13)10-6-3-2-4-7-10/h2-9H,1H3/b8-5-. The lowest BCUT2D eigenvalue weighted by molar-refractivity contribution is -0.114. The number of carbonyl (C=O) groups is 2. The van der Waals surface area contributed by atoms with Crippen molar-refractivity contribution in [2.75, 3.05) is 11.9 Å². The molecule has 1 amide bonds. The van der Waals surface area contributed by atoms with Crippen molar-refractivity contribution in [3.05, 3.63) is 42.5 Å². The van der Waals surface area contributed by atoms with Gasteiger partial charge in [-0.2, -0.15) is 0 Å². The highest BCUT2D eigenvalue weighted by atomic mass is 16.2. The second-order valence-corrected chi connectivity index (χ2v) is 2.73. The van der Waals surface area contributed by atoms with E-state index in [-0.39, 0.29) is 5.91 Å². The van der Waals surface area contributed by atoms with E-state index in [1.54, 1.807) is 7.05 Å². The minimum atomic E-state index is -0.219. The summed E-state index contributed by atoms with van der Waals surface area (Å²) in [6, 6.07) is 9.23. The second kappa shape index (κ2) is 4.97. The molecule has 0 unspecified atom stereocenters. The lowest BCUT2D eigenvalue weighted by atomic mass is 10.3. The van der Waals surface area contributed by atoms with Crippen LogP contribution in [0.3, 0.4) is 0 Å². The molecule has 1 aromatic rings. The average molecular weight is 189 g/mol. The second-order valence-electron chi connectivity index (χ2n) is 2.73. The molecule has 0 saturated heterocycles. The van der Waals surface area contributed by atoms with Crippen molar-refractivity contribution in [1.29, 1.82) is 0 Å². The van der Waals surface area contributed by atoms with E-state index in [0.29, 0.717) is 6.29 Å². The zero-order valence-corrected chi connectivity index (χ0v) is 7.88. The van der Waals surface area contributed by atoms with Crippen LogP contribution in [0.2, 0.25) is 0 Å². The lowest BCUT2D eigenvalue weighted by Gasteiger charge is -2.14. The normalized spacial score (nSPS) is 10.1. The highest BCUT2D eigenvalue weighted by Crippen LogP contribution is 2.10. The molecule has 0 saturated carbocycles. The molecule has 0 N–H and O–H groups in total. The maximum atomic E-state index is 11.4. The van der Waals surface area contributed by atoms with Crippen molar-refractivity contribution < 1.29 is 9.59 Å². The highest BCUT2D eigenvalue weighted by Gasteiger charge is 2.05. The smallest absolute Gasteiger partial charge is 0.250 e. The number of benzene rings is 1. The van der Waals surface area contributed by atoms with Crippen molar-refractivity contribution in [2.24, 2.45) is 0 Å². The number of hydrogen-bond acceptors (Lipinski definition) is 2. The quantitative estimate of drug-likeness (QED) is 0.532. The van der Waals surface area contributed by atoms with Crippen molar-refractivity contribution in [3.8, 4) is 0 Å². The Bertz CT molecular complexity index is 344. The van der Waals surface area contributed by atoms with Gasteiger partial charge < -0.3 is 4.90 Å². The fourth-order valence-electron chi connectivity index (χ4n) is 1.01. The van der Waals surface area contributed by atoms with Gasteiger partial charge in [0, 0.05) is 18.8 Å². The molecule has 0 aromatic heterocycles. The highest BCUT2D eigenvalue weighted by molar-refractivity contribution is 6.02. The first kappa shape index (κ1) is 10.2. The summed E-state index contributed by atoms with van der Waals surface area (Å²) in [6.45, 7) is 0. The van der Waals surface area contributed by atoms with Crippen LogP contribution >= 0.6 is 0 Å². The molecular weight excluding hydrogens is 178 g/mol. The van der Waals surface area contributed by atoms with Crippen LogP contribution in [0.25, 0.3) is 0 Å².